The number of pyridine rings is 1. The van der Waals surface area contributed by atoms with Crippen LogP contribution in [0.1, 0.15) is 24.6 Å². The van der Waals surface area contributed by atoms with Crippen molar-refractivity contribution >= 4 is 15.7 Å². The van der Waals surface area contributed by atoms with Crippen molar-refractivity contribution in [1.82, 2.24) is 24.1 Å². The summed E-state index contributed by atoms with van der Waals surface area (Å²) in [5, 5.41) is 8.00. The Balaban J connectivity index is 1.75. The van der Waals surface area contributed by atoms with E-state index in [-0.39, 0.29) is 10.8 Å². The molecule has 2 aromatic rings. The zero-order valence-corrected chi connectivity index (χ0v) is 13.1. The summed E-state index contributed by atoms with van der Waals surface area (Å²) in [5.74, 6) is 1.14. The highest BCUT2D eigenvalue weighted by atomic mass is 32.2. The Morgan fingerprint density at radius 1 is 1.27 bits per heavy atom. The van der Waals surface area contributed by atoms with E-state index in [0.29, 0.717) is 18.8 Å². The Morgan fingerprint density at radius 3 is 2.59 bits per heavy atom. The van der Waals surface area contributed by atoms with Crippen molar-refractivity contribution in [2.75, 3.05) is 18.8 Å². The van der Waals surface area contributed by atoms with Crippen LogP contribution in [0, 0.1) is 0 Å². The van der Waals surface area contributed by atoms with Gasteiger partial charge in [-0.2, -0.15) is 4.31 Å². The summed E-state index contributed by atoms with van der Waals surface area (Å²) in [5.41, 5.74) is 5.97. The number of anilines is 1. The summed E-state index contributed by atoms with van der Waals surface area (Å²) in [6.07, 6.45) is 5.87. The molecule has 0 radical (unpaired) electrons. The van der Waals surface area contributed by atoms with Gasteiger partial charge in [0.25, 0.3) is 0 Å². The second-order valence-electron chi connectivity index (χ2n) is 5.43. The summed E-state index contributed by atoms with van der Waals surface area (Å²) in [7, 11) is -1.64. The third-order valence-electron chi connectivity index (χ3n) is 3.94. The summed E-state index contributed by atoms with van der Waals surface area (Å²) < 4.78 is 28.6. The van der Waals surface area contributed by atoms with Crippen LogP contribution in [0.25, 0.3) is 0 Å². The standard InChI is InChI=1S/C13H18N6O2S/c1-18-9-16-17-13(18)10-2-4-19(5-3-10)22(20,21)12-6-11(14)7-15-8-12/h6-10H,2-5,14H2,1H3. The van der Waals surface area contributed by atoms with Crippen molar-refractivity contribution in [3.05, 3.63) is 30.6 Å². The minimum absolute atomic E-state index is 0.143. The first-order valence-corrected chi connectivity index (χ1v) is 8.47. The summed E-state index contributed by atoms with van der Waals surface area (Å²) in [6.45, 7) is 0.906. The molecular weight excluding hydrogens is 304 g/mol. The Kier molecular flexibility index (Phi) is 3.83. The SMILES string of the molecule is Cn1cnnc1C1CCN(S(=O)(=O)c2cncc(N)c2)CC1. The van der Waals surface area contributed by atoms with Gasteiger partial charge in [-0.3, -0.25) is 4.98 Å². The predicted molar refractivity (Wildman–Crippen MR) is 80.4 cm³/mol. The molecule has 0 atom stereocenters. The normalized spacial score (nSPS) is 17.7. The van der Waals surface area contributed by atoms with Gasteiger partial charge in [0.1, 0.15) is 17.0 Å². The maximum atomic E-state index is 12.6. The molecule has 8 nitrogen and oxygen atoms in total. The highest BCUT2D eigenvalue weighted by molar-refractivity contribution is 7.89. The topological polar surface area (TPSA) is 107 Å². The lowest BCUT2D eigenvalue weighted by atomic mass is 9.97. The zero-order chi connectivity index (χ0) is 15.7. The van der Waals surface area contributed by atoms with E-state index in [9.17, 15) is 8.42 Å². The molecule has 0 amide bonds. The molecule has 0 aromatic carbocycles. The van der Waals surface area contributed by atoms with Gasteiger partial charge in [-0.15, -0.1) is 10.2 Å². The quantitative estimate of drug-likeness (QED) is 0.874. The molecule has 9 heteroatoms. The molecule has 0 spiro atoms. The molecule has 22 heavy (non-hydrogen) atoms. The molecule has 0 unspecified atom stereocenters. The van der Waals surface area contributed by atoms with Gasteiger partial charge < -0.3 is 10.3 Å². The van der Waals surface area contributed by atoms with Crippen LogP contribution >= 0.6 is 0 Å². The zero-order valence-electron chi connectivity index (χ0n) is 12.3. The predicted octanol–water partition coefficient (Wildman–Crippen LogP) is 0.361. The number of aromatic nitrogens is 4. The molecule has 2 aromatic heterocycles. The van der Waals surface area contributed by atoms with Crippen molar-refractivity contribution in [1.29, 1.82) is 0 Å². The molecule has 1 aliphatic heterocycles. The van der Waals surface area contributed by atoms with Crippen molar-refractivity contribution in [2.45, 2.75) is 23.7 Å². The number of sulfonamides is 1. The first kappa shape index (κ1) is 14.9. The number of hydrogen-bond acceptors (Lipinski definition) is 6. The Hall–Kier alpha value is -2.00. The van der Waals surface area contributed by atoms with Gasteiger partial charge in [0.2, 0.25) is 10.0 Å². The van der Waals surface area contributed by atoms with Crippen LogP contribution in [0.3, 0.4) is 0 Å². The lowest BCUT2D eigenvalue weighted by Crippen LogP contribution is -2.38. The number of nitrogens with zero attached hydrogens (tertiary/aromatic N) is 5. The molecule has 1 aliphatic rings. The van der Waals surface area contributed by atoms with Crippen LogP contribution in [0.2, 0.25) is 0 Å². The fraction of sp³-hybridized carbons (Fsp3) is 0.462. The number of piperidine rings is 1. The summed E-state index contributed by atoms with van der Waals surface area (Å²) in [4.78, 5) is 4.00. The molecule has 3 rings (SSSR count). The summed E-state index contributed by atoms with van der Waals surface area (Å²) in [6, 6.07) is 1.44. The monoisotopic (exact) mass is 322 g/mol. The minimum atomic E-state index is -3.54. The molecule has 0 aliphatic carbocycles. The molecule has 0 bridgehead atoms. The Morgan fingerprint density at radius 2 is 2.00 bits per heavy atom. The van der Waals surface area contributed by atoms with Crippen LogP contribution in [-0.4, -0.2) is 45.6 Å². The van der Waals surface area contributed by atoms with E-state index in [0.717, 1.165) is 18.7 Å². The lowest BCUT2D eigenvalue weighted by Gasteiger charge is -2.30. The Bertz CT molecular complexity index is 764. The van der Waals surface area contributed by atoms with Crippen molar-refractivity contribution < 1.29 is 8.42 Å². The highest BCUT2D eigenvalue weighted by Gasteiger charge is 2.31. The number of rotatable bonds is 3. The van der Waals surface area contributed by atoms with Crippen LogP contribution < -0.4 is 5.73 Å². The van der Waals surface area contributed by atoms with E-state index in [1.165, 1.54) is 22.8 Å². The van der Waals surface area contributed by atoms with Crippen molar-refractivity contribution in [2.24, 2.45) is 7.05 Å². The average molecular weight is 322 g/mol. The van der Waals surface area contributed by atoms with Gasteiger partial charge in [-0.1, -0.05) is 0 Å². The molecule has 0 saturated carbocycles. The first-order chi connectivity index (χ1) is 10.5. The second kappa shape index (κ2) is 5.65. The first-order valence-electron chi connectivity index (χ1n) is 7.03. The van der Waals surface area contributed by atoms with E-state index in [1.54, 1.807) is 6.33 Å². The fourth-order valence-electron chi connectivity index (χ4n) is 2.74. The maximum absolute atomic E-state index is 12.6. The minimum Gasteiger partial charge on any atom is -0.397 e. The maximum Gasteiger partial charge on any atom is 0.244 e. The number of aryl methyl sites for hydroxylation is 1. The van der Waals surface area contributed by atoms with Gasteiger partial charge in [0, 0.05) is 38.4 Å². The fourth-order valence-corrected chi connectivity index (χ4v) is 4.21. The van der Waals surface area contributed by atoms with E-state index in [2.05, 4.69) is 15.2 Å². The molecular formula is C13H18N6O2S. The van der Waals surface area contributed by atoms with Crippen LogP contribution in [0.5, 0.6) is 0 Å². The van der Waals surface area contributed by atoms with E-state index in [4.69, 9.17) is 5.73 Å². The summed E-state index contributed by atoms with van der Waals surface area (Å²) >= 11 is 0. The van der Waals surface area contributed by atoms with E-state index >= 15 is 0 Å². The third kappa shape index (κ3) is 2.69. The smallest absolute Gasteiger partial charge is 0.244 e. The molecule has 3 heterocycles. The van der Waals surface area contributed by atoms with E-state index < -0.39 is 10.0 Å². The second-order valence-corrected chi connectivity index (χ2v) is 7.37. The lowest BCUT2D eigenvalue weighted by molar-refractivity contribution is 0.310. The van der Waals surface area contributed by atoms with Gasteiger partial charge in [-0.25, -0.2) is 8.42 Å². The van der Waals surface area contributed by atoms with Crippen LogP contribution in [-0.2, 0) is 17.1 Å². The third-order valence-corrected chi connectivity index (χ3v) is 5.80. The highest BCUT2D eigenvalue weighted by Crippen LogP contribution is 2.29. The van der Waals surface area contributed by atoms with Crippen LogP contribution in [0.4, 0.5) is 5.69 Å². The van der Waals surface area contributed by atoms with Gasteiger partial charge in [-0.05, 0) is 18.9 Å². The number of nitrogen functional groups attached to an aromatic ring is 1. The van der Waals surface area contributed by atoms with Gasteiger partial charge >= 0.3 is 0 Å². The van der Waals surface area contributed by atoms with Gasteiger partial charge in [0.05, 0.1) is 5.69 Å². The number of nitrogens with two attached hydrogens (primary N) is 1. The Labute approximate surface area is 129 Å². The van der Waals surface area contributed by atoms with Crippen molar-refractivity contribution in [3.8, 4) is 0 Å². The molecule has 118 valence electrons. The van der Waals surface area contributed by atoms with Gasteiger partial charge in [0.15, 0.2) is 0 Å². The largest absolute Gasteiger partial charge is 0.397 e. The average Bonchev–Trinajstić information content (AvgIpc) is 2.93. The van der Waals surface area contributed by atoms with Crippen molar-refractivity contribution in [3.63, 3.8) is 0 Å². The van der Waals surface area contributed by atoms with Crippen LogP contribution in [0.15, 0.2) is 29.7 Å². The molecule has 1 saturated heterocycles. The molecule has 2 N–H and O–H groups in total. The number of hydrogen-bond donors (Lipinski definition) is 1. The molecule has 1 fully saturated rings. The van der Waals surface area contributed by atoms with E-state index in [1.807, 2.05) is 11.6 Å².